The minimum atomic E-state index is 0.0299. The molecule has 2 aromatic heterocycles. The van der Waals surface area contributed by atoms with E-state index in [2.05, 4.69) is 58.8 Å². The Kier molecular flexibility index (Phi) is 4.38. The van der Waals surface area contributed by atoms with Crippen molar-refractivity contribution in [2.24, 2.45) is 0 Å². The second-order valence-corrected chi connectivity index (χ2v) is 7.04. The number of carbonyl (C=O) groups excluding carboxylic acids is 1. The average molecular weight is 350 g/mol. The van der Waals surface area contributed by atoms with Crippen LogP contribution in [0.15, 0.2) is 42.6 Å². The van der Waals surface area contributed by atoms with Crippen LogP contribution in [0.3, 0.4) is 0 Å². The van der Waals surface area contributed by atoms with Crippen molar-refractivity contribution in [2.75, 3.05) is 20.6 Å². The van der Waals surface area contributed by atoms with Crippen molar-refractivity contribution in [1.29, 1.82) is 0 Å². The normalized spacial score (nSPS) is 17.3. The quantitative estimate of drug-likeness (QED) is 0.721. The zero-order valence-corrected chi connectivity index (χ0v) is 15.0. The van der Waals surface area contributed by atoms with Gasteiger partial charge in [0.15, 0.2) is 5.65 Å². The summed E-state index contributed by atoms with van der Waals surface area (Å²) in [6, 6.07) is 12.3. The van der Waals surface area contributed by atoms with Crippen LogP contribution in [0, 0.1) is 0 Å². The van der Waals surface area contributed by atoms with Crippen LogP contribution < -0.4 is 0 Å². The summed E-state index contributed by atoms with van der Waals surface area (Å²) in [7, 11) is 4.12. The summed E-state index contributed by atoms with van der Waals surface area (Å²) < 4.78 is 1.54. The van der Waals surface area contributed by atoms with Gasteiger partial charge in [-0.25, -0.2) is 0 Å². The molecule has 1 amide bonds. The Bertz CT molecular complexity index is 917. The highest BCUT2D eigenvalue weighted by Crippen LogP contribution is 2.33. The second-order valence-electron chi connectivity index (χ2n) is 7.04. The molecule has 0 radical (unpaired) electrons. The molecular formula is C19H22N6O. The van der Waals surface area contributed by atoms with E-state index in [-0.39, 0.29) is 11.9 Å². The highest BCUT2D eigenvalue weighted by atomic mass is 16.2. The van der Waals surface area contributed by atoms with E-state index in [1.807, 2.05) is 4.90 Å². The van der Waals surface area contributed by atoms with E-state index in [0.717, 1.165) is 25.9 Å². The van der Waals surface area contributed by atoms with E-state index in [1.54, 1.807) is 18.3 Å². The first-order valence-electron chi connectivity index (χ1n) is 8.84. The summed E-state index contributed by atoms with van der Waals surface area (Å²) in [4.78, 5) is 17.2. The molecule has 3 heterocycles. The molecule has 1 aromatic carbocycles. The van der Waals surface area contributed by atoms with E-state index in [1.165, 1.54) is 15.6 Å². The highest BCUT2D eigenvalue weighted by Gasteiger charge is 2.30. The number of aromatic nitrogens is 4. The van der Waals surface area contributed by atoms with Crippen LogP contribution in [0.25, 0.3) is 5.65 Å². The van der Waals surface area contributed by atoms with Gasteiger partial charge in [-0.15, -0.1) is 5.10 Å². The van der Waals surface area contributed by atoms with E-state index >= 15 is 0 Å². The minimum Gasteiger partial charge on any atom is -0.332 e. The molecule has 0 spiro atoms. The van der Waals surface area contributed by atoms with Gasteiger partial charge in [0.2, 0.25) is 0 Å². The summed E-state index contributed by atoms with van der Waals surface area (Å²) in [5, 5.41) is 11.4. The van der Waals surface area contributed by atoms with E-state index in [9.17, 15) is 4.79 Å². The van der Waals surface area contributed by atoms with Crippen LogP contribution in [0.2, 0.25) is 0 Å². The molecule has 0 unspecified atom stereocenters. The number of carbonyl (C=O) groups is 1. The summed E-state index contributed by atoms with van der Waals surface area (Å²) in [5.74, 6) is 0.0299. The lowest BCUT2D eigenvalue weighted by Crippen LogP contribution is -2.30. The first-order valence-corrected chi connectivity index (χ1v) is 8.84. The Labute approximate surface area is 152 Å². The Hall–Kier alpha value is -2.80. The molecule has 1 aliphatic heterocycles. The molecular weight excluding hydrogens is 328 g/mol. The maximum Gasteiger partial charge on any atom is 0.255 e. The number of hydrogen-bond donors (Lipinski definition) is 0. The van der Waals surface area contributed by atoms with E-state index < -0.39 is 0 Å². The summed E-state index contributed by atoms with van der Waals surface area (Å²) >= 11 is 0. The maximum absolute atomic E-state index is 13.0. The Morgan fingerprint density at radius 3 is 2.77 bits per heavy atom. The van der Waals surface area contributed by atoms with Crippen molar-refractivity contribution in [2.45, 2.75) is 25.4 Å². The van der Waals surface area contributed by atoms with Crippen molar-refractivity contribution >= 4 is 11.6 Å². The number of likely N-dealkylation sites (tertiary alicyclic amines) is 1. The fraction of sp³-hybridized carbons (Fsp3) is 0.368. The zero-order chi connectivity index (χ0) is 18.1. The molecule has 7 nitrogen and oxygen atoms in total. The molecule has 0 saturated carbocycles. The van der Waals surface area contributed by atoms with E-state index in [0.29, 0.717) is 11.2 Å². The third-order valence-electron chi connectivity index (χ3n) is 4.82. The molecule has 1 atom stereocenters. The third-order valence-corrected chi connectivity index (χ3v) is 4.82. The first-order chi connectivity index (χ1) is 12.6. The van der Waals surface area contributed by atoms with Gasteiger partial charge in [0.25, 0.3) is 5.91 Å². The lowest BCUT2D eigenvalue weighted by molar-refractivity contribution is 0.0735. The fourth-order valence-electron chi connectivity index (χ4n) is 3.60. The molecule has 0 aliphatic carbocycles. The number of amides is 1. The highest BCUT2D eigenvalue weighted by molar-refractivity contribution is 5.94. The smallest absolute Gasteiger partial charge is 0.255 e. The van der Waals surface area contributed by atoms with Gasteiger partial charge in [-0.1, -0.05) is 24.3 Å². The molecule has 134 valence electrons. The van der Waals surface area contributed by atoms with Gasteiger partial charge in [-0.3, -0.25) is 4.79 Å². The molecule has 7 heteroatoms. The Morgan fingerprint density at radius 2 is 2.00 bits per heavy atom. The predicted octanol–water partition coefficient (Wildman–Crippen LogP) is 2.16. The van der Waals surface area contributed by atoms with Gasteiger partial charge in [-0.2, -0.15) is 4.52 Å². The number of tetrazole rings is 1. The van der Waals surface area contributed by atoms with Gasteiger partial charge >= 0.3 is 0 Å². The SMILES string of the molecule is CN(C)Cc1ccc([C@H]2CCCN2C(=O)c2ccc3nnnn3c2)cc1. The summed E-state index contributed by atoms with van der Waals surface area (Å²) in [6.07, 6.45) is 3.71. The van der Waals surface area contributed by atoms with Crippen LogP contribution in [-0.4, -0.2) is 56.4 Å². The van der Waals surface area contributed by atoms with Crippen molar-refractivity contribution < 1.29 is 4.79 Å². The van der Waals surface area contributed by atoms with Gasteiger partial charge in [0.1, 0.15) is 0 Å². The molecule has 26 heavy (non-hydrogen) atoms. The third kappa shape index (κ3) is 3.17. The summed E-state index contributed by atoms with van der Waals surface area (Å²) in [6.45, 7) is 1.69. The molecule has 1 saturated heterocycles. The Morgan fingerprint density at radius 1 is 1.19 bits per heavy atom. The largest absolute Gasteiger partial charge is 0.332 e. The van der Waals surface area contributed by atoms with Gasteiger partial charge in [0.05, 0.1) is 11.6 Å². The Balaban J connectivity index is 1.56. The van der Waals surface area contributed by atoms with Crippen molar-refractivity contribution in [3.8, 4) is 0 Å². The van der Waals surface area contributed by atoms with Crippen LogP contribution in [-0.2, 0) is 6.54 Å². The molecule has 3 aromatic rings. The van der Waals surface area contributed by atoms with Crippen molar-refractivity contribution in [3.05, 3.63) is 59.3 Å². The molecule has 4 rings (SSSR count). The maximum atomic E-state index is 13.0. The number of fused-ring (bicyclic) bond motifs is 1. The van der Waals surface area contributed by atoms with Crippen LogP contribution >= 0.6 is 0 Å². The molecule has 1 fully saturated rings. The van der Waals surface area contributed by atoms with E-state index in [4.69, 9.17) is 0 Å². The lowest BCUT2D eigenvalue weighted by Gasteiger charge is -2.25. The average Bonchev–Trinajstić information content (AvgIpc) is 3.30. The van der Waals surface area contributed by atoms with Crippen molar-refractivity contribution in [3.63, 3.8) is 0 Å². The molecule has 0 N–H and O–H groups in total. The van der Waals surface area contributed by atoms with Gasteiger partial charge in [0, 0.05) is 19.3 Å². The number of hydrogen-bond acceptors (Lipinski definition) is 5. The van der Waals surface area contributed by atoms with Crippen molar-refractivity contribution in [1.82, 2.24) is 29.8 Å². The number of pyridine rings is 1. The minimum absolute atomic E-state index is 0.0299. The number of nitrogens with zero attached hydrogens (tertiary/aromatic N) is 6. The topological polar surface area (TPSA) is 66.6 Å². The standard InChI is InChI=1S/C19H22N6O/c1-23(2)12-14-5-7-15(8-6-14)17-4-3-11-24(17)19(26)16-9-10-18-20-21-22-25(18)13-16/h5-10,13,17H,3-4,11-12H2,1-2H3/t17-/m1/s1. The fourth-order valence-corrected chi connectivity index (χ4v) is 3.60. The second kappa shape index (κ2) is 6.84. The predicted molar refractivity (Wildman–Crippen MR) is 97.6 cm³/mol. The van der Waals surface area contributed by atoms with Crippen LogP contribution in [0.1, 0.15) is 40.4 Å². The lowest BCUT2D eigenvalue weighted by atomic mass is 10.0. The van der Waals surface area contributed by atoms with Gasteiger partial charge < -0.3 is 9.80 Å². The van der Waals surface area contributed by atoms with Crippen LogP contribution in [0.4, 0.5) is 0 Å². The summed E-state index contributed by atoms with van der Waals surface area (Å²) in [5.41, 5.74) is 3.72. The first kappa shape index (κ1) is 16.7. The van der Waals surface area contributed by atoms with Crippen LogP contribution in [0.5, 0.6) is 0 Å². The number of rotatable bonds is 4. The van der Waals surface area contributed by atoms with Gasteiger partial charge in [-0.05, 0) is 60.6 Å². The molecule has 1 aliphatic rings. The zero-order valence-electron chi connectivity index (χ0n) is 15.0. The number of benzene rings is 1. The molecule has 0 bridgehead atoms. The monoisotopic (exact) mass is 350 g/mol.